The van der Waals surface area contributed by atoms with Crippen LogP contribution in [0, 0.1) is 5.41 Å². The highest BCUT2D eigenvalue weighted by Gasteiger charge is 2.18. The molecule has 0 spiro atoms. The van der Waals surface area contributed by atoms with Crippen molar-refractivity contribution < 1.29 is 5.11 Å². The van der Waals surface area contributed by atoms with E-state index in [0.717, 1.165) is 12.1 Å². The maximum absolute atomic E-state index is 9.31. The third-order valence-electron chi connectivity index (χ3n) is 2.82. The van der Waals surface area contributed by atoms with E-state index in [-0.39, 0.29) is 5.41 Å². The molecule has 0 radical (unpaired) electrons. The van der Waals surface area contributed by atoms with Crippen molar-refractivity contribution >= 4 is 0 Å². The lowest BCUT2D eigenvalue weighted by molar-refractivity contribution is 0.285. The minimum atomic E-state index is 0.261. The molecular weight excluding hydrogens is 186 g/mol. The fourth-order valence-corrected chi connectivity index (χ4v) is 1.24. The molecule has 84 valence electrons. The number of aromatic hydroxyl groups is 1. The molecule has 15 heavy (non-hydrogen) atoms. The lowest BCUT2D eigenvalue weighted by Crippen LogP contribution is -2.37. The van der Waals surface area contributed by atoms with Crippen LogP contribution < -0.4 is 5.32 Å². The van der Waals surface area contributed by atoms with Crippen LogP contribution in [0.25, 0.3) is 0 Å². The Morgan fingerprint density at radius 1 is 1.33 bits per heavy atom. The molecule has 0 fully saturated rings. The maximum Gasteiger partial charge on any atom is 0.115 e. The van der Waals surface area contributed by atoms with Crippen LogP contribution in [0.5, 0.6) is 5.75 Å². The second-order valence-electron chi connectivity index (χ2n) is 5.14. The summed E-state index contributed by atoms with van der Waals surface area (Å²) < 4.78 is 0. The van der Waals surface area contributed by atoms with Gasteiger partial charge in [0.25, 0.3) is 0 Å². The first-order valence-corrected chi connectivity index (χ1v) is 5.41. The number of rotatable bonds is 3. The minimum absolute atomic E-state index is 0.261. The lowest BCUT2D eigenvalue weighted by Gasteiger charge is -2.28. The van der Waals surface area contributed by atoms with E-state index in [9.17, 15) is 5.11 Å². The highest BCUT2D eigenvalue weighted by Crippen LogP contribution is 2.19. The van der Waals surface area contributed by atoms with E-state index in [1.807, 2.05) is 12.1 Å². The summed E-state index contributed by atoms with van der Waals surface area (Å²) in [5, 5.41) is 12.8. The van der Waals surface area contributed by atoms with Crippen molar-refractivity contribution in [1.82, 2.24) is 5.32 Å². The van der Waals surface area contributed by atoms with Crippen molar-refractivity contribution in [3.05, 3.63) is 29.8 Å². The average Bonchev–Trinajstić information content (AvgIpc) is 2.12. The topological polar surface area (TPSA) is 32.3 Å². The first-order chi connectivity index (χ1) is 6.89. The summed E-state index contributed by atoms with van der Waals surface area (Å²) >= 11 is 0. The Bertz CT molecular complexity index is 315. The quantitative estimate of drug-likeness (QED) is 0.798. The number of phenolic OH excluding ortho intramolecular Hbond substituents is 1. The molecule has 1 atom stereocenters. The van der Waals surface area contributed by atoms with Gasteiger partial charge in [0.2, 0.25) is 0 Å². The Balaban J connectivity index is 2.51. The van der Waals surface area contributed by atoms with Gasteiger partial charge in [-0.1, -0.05) is 32.9 Å². The highest BCUT2D eigenvalue weighted by molar-refractivity contribution is 5.26. The van der Waals surface area contributed by atoms with Gasteiger partial charge in [-0.2, -0.15) is 0 Å². The van der Waals surface area contributed by atoms with Crippen LogP contribution >= 0.6 is 0 Å². The monoisotopic (exact) mass is 207 g/mol. The Morgan fingerprint density at radius 3 is 2.53 bits per heavy atom. The van der Waals surface area contributed by atoms with Crippen molar-refractivity contribution in [2.75, 3.05) is 0 Å². The molecule has 0 heterocycles. The summed E-state index contributed by atoms with van der Waals surface area (Å²) in [5.74, 6) is 0.331. The molecule has 2 N–H and O–H groups in total. The largest absolute Gasteiger partial charge is 0.508 e. The van der Waals surface area contributed by atoms with E-state index in [2.05, 4.69) is 33.0 Å². The summed E-state index contributed by atoms with van der Waals surface area (Å²) in [6.45, 7) is 9.63. The Hall–Kier alpha value is -1.02. The minimum Gasteiger partial charge on any atom is -0.508 e. The van der Waals surface area contributed by atoms with E-state index in [0.29, 0.717) is 11.8 Å². The molecule has 1 aromatic carbocycles. The van der Waals surface area contributed by atoms with Gasteiger partial charge in [-0.05, 0) is 30.0 Å². The third-order valence-corrected chi connectivity index (χ3v) is 2.82. The molecule has 0 aliphatic heterocycles. The molecule has 2 nitrogen and oxygen atoms in total. The van der Waals surface area contributed by atoms with Gasteiger partial charge in [-0.3, -0.25) is 0 Å². The zero-order chi connectivity index (χ0) is 11.5. The van der Waals surface area contributed by atoms with Gasteiger partial charge in [0.15, 0.2) is 0 Å². The summed E-state index contributed by atoms with van der Waals surface area (Å²) in [4.78, 5) is 0. The van der Waals surface area contributed by atoms with Crippen molar-refractivity contribution in [1.29, 1.82) is 0 Å². The summed E-state index contributed by atoms with van der Waals surface area (Å²) in [6, 6.07) is 7.81. The van der Waals surface area contributed by atoms with Gasteiger partial charge in [-0.15, -0.1) is 0 Å². The third kappa shape index (κ3) is 3.92. The van der Waals surface area contributed by atoms with E-state index in [4.69, 9.17) is 0 Å². The predicted molar refractivity (Wildman–Crippen MR) is 63.9 cm³/mol. The normalized spacial score (nSPS) is 13.9. The first-order valence-electron chi connectivity index (χ1n) is 5.41. The molecular formula is C13H21NO. The molecule has 0 aromatic heterocycles. The van der Waals surface area contributed by atoms with Crippen molar-refractivity contribution in [3.63, 3.8) is 0 Å². The summed E-state index contributed by atoms with van der Waals surface area (Å²) in [5.41, 5.74) is 1.38. The zero-order valence-electron chi connectivity index (χ0n) is 10.0. The van der Waals surface area contributed by atoms with Gasteiger partial charge in [0, 0.05) is 12.6 Å². The number of nitrogens with one attached hydrogen (secondary N) is 1. The number of hydrogen-bond donors (Lipinski definition) is 2. The zero-order valence-corrected chi connectivity index (χ0v) is 10.0. The van der Waals surface area contributed by atoms with E-state index < -0.39 is 0 Å². The molecule has 0 saturated carbocycles. The highest BCUT2D eigenvalue weighted by atomic mass is 16.3. The summed E-state index contributed by atoms with van der Waals surface area (Å²) in [7, 11) is 0. The molecule has 1 aromatic rings. The van der Waals surface area contributed by atoms with Crippen LogP contribution in [0.4, 0.5) is 0 Å². The van der Waals surface area contributed by atoms with Crippen LogP contribution in [0.1, 0.15) is 33.3 Å². The van der Waals surface area contributed by atoms with E-state index in [1.165, 1.54) is 0 Å². The Kier molecular flexibility index (Phi) is 3.75. The van der Waals surface area contributed by atoms with E-state index >= 15 is 0 Å². The van der Waals surface area contributed by atoms with Crippen LogP contribution in [0.2, 0.25) is 0 Å². The van der Waals surface area contributed by atoms with Crippen molar-refractivity contribution in [2.45, 2.75) is 40.3 Å². The first kappa shape index (κ1) is 12.1. The SMILES string of the molecule is CC(NCc1cccc(O)c1)C(C)(C)C. The van der Waals surface area contributed by atoms with Gasteiger partial charge in [-0.25, -0.2) is 0 Å². The molecule has 0 amide bonds. The van der Waals surface area contributed by atoms with Crippen LogP contribution in [-0.4, -0.2) is 11.1 Å². The molecule has 0 saturated heterocycles. The fourth-order valence-electron chi connectivity index (χ4n) is 1.24. The molecule has 1 unspecified atom stereocenters. The number of phenols is 1. The number of benzene rings is 1. The van der Waals surface area contributed by atoms with Gasteiger partial charge >= 0.3 is 0 Å². The predicted octanol–water partition coefficient (Wildman–Crippen LogP) is 2.92. The Morgan fingerprint density at radius 2 is 2.00 bits per heavy atom. The Labute approximate surface area is 92.3 Å². The maximum atomic E-state index is 9.31. The van der Waals surface area contributed by atoms with E-state index in [1.54, 1.807) is 12.1 Å². The second-order valence-corrected chi connectivity index (χ2v) is 5.14. The second kappa shape index (κ2) is 4.67. The van der Waals surface area contributed by atoms with Gasteiger partial charge in [0.1, 0.15) is 5.75 Å². The van der Waals surface area contributed by atoms with Gasteiger partial charge in [0.05, 0.1) is 0 Å². The van der Waals surface area contributed by atoms with Crippen LogP contribution in [0.15, 0.2) is 24.3 Å². The molecule has 1 rings (SSSR count). The van der Waals surface area contributed by atoms with Crippen molar-refractivity contribution in [3.8, 4) is 5.75 Å². The molecule has 0 bridgehead atoms. The molecule has 0 aliphatic carbocycles. The number of hydrogen-bond acceptors (Lipinski definition) is 2. The smallest absolute Gasteiger partial charge is 0.115 e. The van der Waals surface area contributed by atoms with Crippen molar-refractivity contribution in [2.24, 2.45) is 5.41 Å². The van der Waals surface area contributed by atoms with Crippen LogP contribution in [0.3, 0.4) is 0 Å². The molecule has 2 heteroatoms. The summed E-state index contributed by atoms with van der Waals surface area (Å²) in [6.07, 6.45) is 0. The molecule has 0 aliphatic rings. The fraction of sp³-hybridized carbons (Fsp3) is 0.538. The van der Waals surface area contributed by atoms with Crippen LogP contribution in [-0.2, 0) is 6.54 Å². The average molecular weight is 207 g/mol. The lowest BCUT2D eigenvalue weighted by atomic mass is 9.88. The standard InChI is InChI=1S/C13H21NO/c1-10(13(2,3)4)14-9-11-6-5-7-12(15)8-11/h5-8,10,14-15H,9H2,1-4H3. The van der Waals surface area contributed by atoms with Gasteiger partial charge < -0.3 is 10.4 Å².